The molecular weight excluding hydrogens is 384 g/mol. The molecule has 148 valence electrons. The highest BCUT2D eigenvalue weighted by molar-refractivity contribution is 7.89. The van der Waals surface area contributed by atoms with Crippen molar-refractivity contribution in [2.75, 3.05) is 7.11 Å². The molecule has 29 heavy (non-hydrogen) atoms. The summed E-state index contributed by atoms with van der Waals surface area (Å²) >= 11 is 0. The number of aryl methyl sites for hydroxylation is 1. The molecule has 0 bridgehead atoms. The molecule has 1 heterocycles. The van der Waals surface area contributed by atoms with Crippen LogP contribution in [0.5, 0.6) is 5.75 Å². The van der Waals surface area contributed by atoms with Crippen molar-refractivity contribution >= 4 is 15.7 Å². The van der Waals surface area contributed by atoms with Crippen molar-refractivity contribution in [2.45, 2.75) is 24.3 Å². The molecular formula is C23H22N2O3S. The highest BCUT2D eigenvalue weighted by Gasteiger charge is 2.37. The van der Waals surface area contributed by atoms with Crippen LogP contribution in [-0.2, 0) is 10.0 Å². The molecule has 0 saturated heterocycles. The lowest BCUT2D eigenvalue weighted by molar-refractivity contribution is 0.370. The van der Waals surface area contributed by atoms with Gasteiger partial charge in [0.15, 0.2) is 0 Å². The van der Waals surface area contributed by atoms with Crippen molar-refractivity contribution < 1.29 is 13.2 Å². The maximum absolute atomic E-state index is 13.4. The summed E-state index contributed by atoms with van der Waals surface area (Å²) in [5.74, 6) is 0.726. The molecule has 1 unspecified atom stereocenters. The van der Waals surface area contributed by atoms with E-state index in [4.69, 9.17) is 4.74 Å². The zero-order chi connectivity index (χ0) is 20.4. The molecule has 0 fully saturated rings. The molecule has 1 aliphatic rings. The van der Waals surface area contributed by atoms with Gasteiger partial charge in [0.25, 0.3) is 10.0 Å². The third kappa shape index (κ3) is 3.76. The highest BCUT2D eigenvalue weighted by Crippen LogP contribution is 2.37. The lowest BCUT2D eigenvalue weighted by Gasteiger charge is -2.23. The van der Waals surface area contributed by atoms with E-state index in [2.05, 4.69) is 5.10 Å². The molecule has 1 aliphatic heterocycles. The summed E-state index contributed by atoms with van der Waals surface area (Å²) in [6.07, 6.45) is 0.501. The van der Waals surface area contributed by atoms with Gasteiger partial charge in [-0.05, 0) is 42.3 Å². The number of hydrogen-bond donors (Lipinski definition) is 0. The van der Waals surface area contributed by atoms with Crippen LogP contribution in [0.1, 0.15) is 29.2 Å². The van der Waals surface area contributed by atoms with E-state index >= 15 is 0 Å². The van der Waals surface area contributed by atoms with Crippen LogP contribution in [0, 0.1) is 6.92 Å². The van der Waals surface area contributed by atoms with E-state index in [0.29, 0.717) is 6.42 Å². The number of methoxy groups -OCH3 is 1. The van der Waals surface area contributed by atoms with Crippen molar-refractivity contribution in [3.05, 3.63) is 95.6 Å². The average molecular weight is 407 g/mol. The number of hydrazone groups is 1. The van der Waals surface area contributed by atoms with E-state index in [1.165, 1.54) is 4.41 Å². The lowest BCUT2D eigenvalue weighted by Crippen LogP contribution is -2.27. The van der Waals surface area contributed by atoms with Crippen molar-refractivity contribution in [2.24, 2.45) is 5.10 Å². The molecule has 5 nitrogen and oxygen atoms in total. The van der Waals surface area contributed by atoms with Gasteiger partial charge in [-0.3, -0.25) is 0 Å². The van der Waals surface area contributed by atoms with Gasteiger partial charge in [0, 0.05) is 6.42 Å². The van der Waals surface area contributed by atoms with Crippen LogP contribution in [0.4, 0.5) is 0 Å². The largest absolute Gasteiger partial charge is 0.497 e. The Morgan fingerprint density at radius 2 is 1.59 bits per heavy atom. The van der Waals surface area contributed by atoms with E-state index in [1.807, 2.05) is 55.5 Å². The Hall–Kier alpha value is -3.12. The maximum atomic E-state index is 13.4. The Bertz CT molecular complexity index is 1120. The van der Waals surface area contributed by atoms with Gasteiger partial charge < -0.3 is 4.74 Å². The van der Waals surface area contributed by atoms with E-state index in [1.54, 1.807) is 37.4 Å². The van der Waals surface area contributed by atoms with Crippen LogP contribution in [-0.4, -0.2) is 25.7 Å². The Labute approximate surface area is 171 Å². The number of nitrogens with zero attached hydrogens (tertiary/aromatic N) is 2. The molecule has 0 saturated carbocycles. The lowest BCUT2D eigenvalue weighted by atomic mass is 9.98. The quantitative estimate of drug-likeness (QED) is 0.625. The fourth-order valence-corrected chi connectivity index (χ4v) is 4.86. The number of ether oxygens (including phenoxy) is 1. The Kier molecular flexibility index (Phi) is 5.11. The van der Waals surface area contributed by atoms with Crippen LogP contribution in [0.2, 0.25) is 0 Å². The molecule has 0 aliphatic carbocycles. The van der Waals surface area contributed by atoms with E-state index < -0.39 is 16.1 Å². The van der Waals surface area contributed by atoms with Gasteiger partial charge in [0.1, 0.15) is 5.75 Å². The fraction of sp³-hybridized carbons (Fsp3) is 0.174. The van der Waals surface area contributed by atoms with Crippen molar-refractivity contribution in [1.82, 2.24) is 4.41 Å². The Balaban J connectivity index is 1.78. The Morgan fingerprint density at radius 1 is 0.931 bits per heavy atom. The van der Waals surface area contributed by atoms with Crippen molar-refractivity contribution in [3.8, 4) is 5.75 Å². The zero-order valence-electron chi connectivity index (χ0n) is 16.3. The van der Waals surface area contributed by atoms with Gasteiger partial charge in [-0.25, -0.2) is 0 Å². The second kappa shape index (κ2) is 7.72. The Morgan fingerprint density at radius 3 is 2.21 bits per heavy atom. The first-order valence-corrected chi connectivity index (χ1v) is 10.8. The first-order valence-electron chi connectivity index (χ1n) is 9.37. The van der Waals surface area contributed by atoms with Crippen LogP contribution < -0.4 is 4.74 Å². The van der Waals surface area contributed by atoms with Gasteiger partial charge in [-0.2, -0.15) is 17.9 Å². The molecule has 3 aromatic carbocycles. The second-order valence-electron chi connectivity index (χ2n) is 7.00. The SMILES string of the molecule is COc1ccc(C2CC(c3ccc(C)cc3)=NN2S(=O)(=O)c2ccccc2)cc1. The minimum absolute atomic E-state index is 0.229. The topological polar surface area (TPSA) is 59.0 Å². The average Bonchev–Trinajstić information content (AvgIpc) is 3.21. The number of sulfonamides is 1. The summed E-state index contributed by atoms with van der Waals surface area (Å²) < 4.78 is 33.2. The first kappa shape index (κ1) is 19.2. The third-order valence-electron chi connectivity index (χ3n) is 5.05. The third-order valence-corrected chi connectivity index (χ3v) is 6.74. The van der Waals surface area contributed by atoms with Gasteiger partial charge in [0.2, 0.25) is 0 Å². The normalized spacial score (nSPS) is 16.6. The maximum Gasteiger partial charge on any atom is 0.279 e. The highest BCUT2D eigenvalue weighted by atomic mass is 32.2. The minimum Gasteiger partial charge on any atom is -0.497 e. The molecule has 4 rings (SSSR count). The number of hydrogen-bond acceptors (Lipinski definition) is 4. The standard InChI is InChI=1S/C23H22N2O3S/c1-17-8-10-18(11-9-17)22-16-23(19-12-14-20(28-2)15-13-19)25(24-22)29(26,27)21-6-4-3-5-7-21/h3-15,23H,16H2,1-2H3. The zero-order valence-corrected chi connectivity index (χ0v) is 17.1. The van der Waals surface area contributed by atoms with Gasteiger partial charge in [-0.15, -0.1) is 0 Å². The van der Waals surface area contributed by atoms with Crippen LogP contribution in [0.25, 0.3) is 0 Å². The minimum atomic E-state index is -3.79. The summed E-state index contributed by atoms with van der Waals surface area (Å²) in [6.45, 7) is 2.02. The molecule has 0 radical (unpaired) electrons. The smallest absolute Gasteiger partial charge is 0.279 e. The summed E-state index contributed by atoms with van der Waals surface area (Å²) in [5, 5.41) is 4.57. The van der Waals surface area contributed by atoms with Crippen LogP contribution in [0.3, 0.4) is 0 Å². The molecule has 0 spiro atoms. The summed E-state index contributed by atoms with van der Waals surface area (Å²) in [4.78, 5) is 0.229. The molecule has 0 amide bonds. The van der Waals surface area contributed by atoms with Gasteiger partial charge in [0.05, 0.1) is 23.8 Å². The second-order valence-corrected chi connectivity index (χ2v) is 8.79. The van der Waals surface area contributed by atoms with Crippen LogP contribution >= 0.6 is 0 Å². The van der Waals surface area contributed by atoms with E-state index in [-0.39, 0.29) is 4.90 Å². The summed E-state index contributed by atoms with van der Waals surface area (Å²) in [5.41, 5.74) is 3.70. The molecule has 0 aromatic heterocycles. The van der Waals surface area contributed by atoms with E-state index in [9.17, 15) is 8.42 Å². The van der Waals surface area contributed by atoms with Gasteiger partial charge >= 0.3 is 0 Å². The molecule has 6 heteroatoms. The van der Waals surface area contributed by atoms with Gasteiger partial charge in [-0.1, -0.05) is 60.2 Å². The fourth-order valence-electron chi connectivity index (χ4n) is 3.41. The molecule has 3 aromatic rings. The predicted octanol–water partition coefficient (Wildman–Crippen LogP) is 4.54. The molecule has 1 atom stereocenters. The summed E-state index contributed by atoms with van der Waals surface area (Å²) in [7, 11) is -2.18. The number of rotatable bonds is 5. The van der Waals surface area contributed by atoms with E-state index in [0.717, 1.165) is 28.2 Å². The predicted molar refractivity (Wildman–Crippen MR) is 114 cm³/mol. The van der Waals surface area contributed by atoms with Crippen LogP contribution in [0.15, 0.2) is 88.9 Å². The molecule has 0 N–H and O–H groups in total. The number of benzene rings is 3. The first-order chi connectivity index (χ1) is 14.0. The van der Waals surface area contributed by atoms with Crippen molar-refractivity contribution in [1.29, 1.82) is 0 Å². The summed E-state index contributed by atoms with van der Waals surface area (Å²) in [6, 6.07) is 23.5. The monoisotopic (exact) mass is 406 g/mol. The van der Waals surface area contributed by atoms with Crippen molar-refractivity contribution in [3.63, 3.8) is 0 Å².